The van der Waals surface area contributed by atoms with Crippen molar-refractivity contribution in [1.82, 2.24) is 9.88 Å². The third-order valence-electron chi connectivity index (χ3n) is 3.47. The summed E-state index contributed by atoms with van der Waals surface area (Å²) >= 11 is 0. The molecule has 0 unspecified atom stereocenters. The second-order valence-electron chi connectivity index (χ2n) is 5.28. The molecule has 0 bridgehead atoms. The monoisotopic (exact) mass is 269 g/mol. The van der Waals surface area contributed by atoms with E-state index in [0.717, 1.165) is 36.7 Å². The number of aromatic nitrogens is 1. The smallest absolute Gasteiger partial charge is 0.0547 e. The first-order valence-electron chi connectivity index (χ1n) is 7.08. The Kier molecular flexibility index (Phi) is 4.74. The number of benzene rings is 1. The maximum absolute atomic E-state index is 6.07. The molecular weight excluding hydrogens is 246 g/mol. The lowest BCUT2D eigenvalue weighted by molar-refractivity contribution is 0.268. The highest BCUT2D eigenvalue weighted by molar-refractivity contribution is 5.48. The molecule has 3 nitrogen and oxygen atoms in total. The first-order valence-corrected chi connectivity index (χ1v) is 7.08. The highest BCUT2D eigenvalue weighted by Crippen LogP contribution is 2.17. The van der Waals surface area contributed by atoms with Crippen LogP contribution in [0.3, 0.4) is 0 Å². The zero-order valence-corrected chi connectivity index (χ0v) is 12.6. The molecule has 0 atom stereocenters. The van der Waals surface area contributed by atoms with Gasteiger partial charge >= 0.3 is 0 Å². The van der Waals surface area contributed by atoms with E-state index >= 15 is 0 Å². The molecule has 106 valence electrons. The lowest BCUT2D eigenvalue weighted by Crippen LogP contribution is -2.23. The summed E-state index contributed by atoms with van der Waals surface area (Å²) in [5, 5.41) is 0. The van der Waals surface area contributed by atoms with E-state index < -0.39 is 0 Å². The summed E-state index contributed by atoms with van der Waals surface area (Å²) in [6, 6.07) is 12.4. The van der Waals surface area contributed by atoms with Crippen molar-refractivity contribution in [3.8, 4) is 0 Å². The minimum atomic E-state index is 0.853. The first kappa shape index (κ1) is 14.5. The van der Waals surface area contributed by atoms with E-state index in [2.05, 4.69) is 48.0 Å². The molecule has 0 radical (unpaired) electrons. The average molecular weight is 269 g/mol. The number of nitrogen functional groups attached to an aromatic ring is 1. The zero-order chi connectivity index (χ0) is 14.5. The van der Waals surface area contributed by atoms with Crippen LogP contribution in [0.2, 0.25) is 0 Å². The Labute approximate surface area is 121 Å². The van der Waals surface area contributed by atoms with Gasteiger partial charge in [-0.05, 0) is 44.2 Å². The lowest BCUT2D eigenvalue weighted by atomic mass is 10.1. The minimum absolute atomic E-state index is 0.853. The SMILES string of the molecule is CCN(Cc1cccc(C)n1)Cc1cc(C)ccc1N. The number of pyridine rings is 1. The van der Waals surface area contributed by atoms with E-state index in [4.69, 9.17) is 5.73 Å². The first-order chi connectivity index (χ1) is 9.58. The molecule has 0 aliphatic rings. The van der Waals surface area contributed by atoms with Crippen molar-refractivity contribution < 1.29 is 0 Å². The molecule has 0 aliphatic carbocycles. The Balaban J connectivity index is 2.11. The molecule has 2 aromatic rings. The molecule has 0 aliphatic heterocycles. The van der Waals surface area contributed by atoms with Gasteiger partial charge in [-0.15, -0.1) is 0 Å². The van der Waals surface area contributed by atoms with Crippen molar-refractivity contribution in [2.75, 3.05) is 12.3 Å². The van der Waals surface area contributed by atoms with Gasteiger partial charge in [-0.3, -0.25) is 9.88 Å². The van der Waals surface area contributed by atoms with Crippen molar-refractivity contribution >= 4 is 5.69 Å². The van der Waals surface area contributed by atoms with Crippen LogP contribution in [0.15, 0.2) is 36.4 Å². The fraction of sp³-hybridized carbons (Fsp3) is 0.353. The van der Waals surface area contributed by atoms with E-state index in [-0.39, 0.29) is 0 Å². The summed E-state index contributed by atoms with van der Waals surface area (Å²) in [5.74, 6) is 0. The molecule has 3 heteroatoms. The zero-order valence-electron chi connectivity index (χ0n) is 12.6. The molecule has 0 amide bonds. The van der Waals surface area contributed by atoms with Crippen LogP contribution in [0.5, 0.6) is 0 Å². The normalized spacial score (nSPS) is 11.0. The van der Waals surface area contributed by atoms with Crippen molar-refractivity contribution in [3.05, 3.63) is 58.9 Å². The largest absolute Gasteiger partial charge is 0.398 e. The van der Waals surface area contributed by atoms with Crippen LogP contribution in [0.4, 0.5) is 5.69 Å². The van der Waals surface area contributed by atoms with Crippen molar-refractivity contribution in [3.63, 3.8) is 0 Å². The minimum Gasteiger partial charge on any atom is -0.398 e. The molecule has 1 aromatic carbocycles. The quantitative estimate of drug-likeness (QED) is 0.847. The van der Waals surface area contributed by atoms with Crippen LogP contribution < -0.4 is 5.73 Å². The summed E-state index contributed by atoms with van der Waals surface area (Å²) in [5.41, 5.74) is 11.6. The van der Waals surface area contributed by atoms with Crippen LogP contribution in [0, 0.1) is 13.8 Å². The van der Waals surface area contributed by atoms with Crippen molar-refractivity contribution in [1.29, 1.82) is 0 Å². The van der Waals surface area contributed by atoms with Crippen LogP contribution in [0.1, 0.15) is 29.4 Å². The van der Waals surface area contributed by atoms with Gasteiger partial charge in [0.25, 0.3) is 0 Å². The fourth-order valence-electron chi connectivity index (χ4n) is 2.31. The Morgan fingerprint density at radius 3 is 2.60 bits per heavy atom. The maximum atomic E-state index is 6.07. The highest BCUT2D eigenvalue weighted by atomic mass is 15.1. The average Bonchev–Trinajstić information content (AvgIpc) is 2.42. The van der Waals surface area contributed by atoms with Gasteiger partial charge in [0.2, 0.25) is 0 Å². The van der Waals surface area contributed by atoms with Crippen LogP contribution in [0.25, 0.3) is 0 Å². The van der Waals surface area contributed by atoms with Gasteiger partial charge in [0.05, 0.1) is 5.69 Å². The summed E-state index contributed by atoms with van der Waals surface area (Å²) in [6.07, 6.45) is 0. The number of hydrogen-bond acceptors (Lipinski definition) is 3. The number of anilines is 1. The summed E-state index contributed by atoms with van der Waals surface area (Å²) < 4.78 is 0. The van der Waals surface area contributed by atoms with E-state index in [9.17, 15) is 0 Å². The van der Waals surface area contributed by atoms with Crippen LogP contribution >= 0.6 is 0 Å². The molecule has 20 heavy (non-hydrogen) atoms. The molecule has 0 spiro atoms. The summed E-state index contributed by atoms with van der Waals surface area (Å²) in [7, 11) is 0. The van der Waals surface area contributed by atoms with Crippen molar-refractivity contribution in [2.45, 2.75) is 33.9 Å². The molecule has 1 heterocycles. The highest BCUT2D eigenvalue weighted by Gasteiger charge is 2.08. The lowest BCUT2D eigenvalue weighted by Gasteiger charge is -2.21. The molecule has 0 fully saturated rings. The van der Waals surface area contributed by atoms with Gasteiger partial charge < -0.3 is 5.73 Å². The Bertz CT molecular complexity index is 578. The number of nitrogens with two attached hydrogens (primary N) is 1. The van der Waals surface area contributed by atoms with E-state index in [1.165, 1.54) is 11.1 Å². The Morgan fingerprint density at radius 2 is 1.90 bits per heavy atom. The number of aryl methyl sites for hydroxylation is 2. The Morgan fingerprint density at radius 1 is 1.10 bits per heavy atom. The van der Waals surface area contributed by atoms with Crippen molar-refractivity contribution in [2.24, 2.45) is 0 Å². The number of nitrogens with zero attached hydrogens (tertiary/aromatic N) is 2. The second kappa shape index (κ2) is 6.53. The molecular formula is C17H23N3. The van der Waals surface area contributed by atoms with Gasteiger partial charge in [0.1, 0.15) is 0 Å². The topological polar surface area (TPSA) is 42.2 Å². The standard InChI is InChI=1S/C17H23N3/c1-4-20(12-16-7-5-6-14(3)19-16)11-15-10-13(2)8-9-17(15)18/h5-10H,4,11-12,18H2,1-3H3. The van der Waals surface area contributed by atoms with Crippen LogP contribution in [-0.4, -0.2) is 16.4 Å². The van der Waals surface area contributed by atoms with Gasteiger partial charge in [0, 0.05) is 24.5 Å². The van der Waals surface area contributed by atoms with Crippen LogP contribution in [-0.2, 0) is 13.1 Å². The predicted octanol–water partition coefficient (Wildman–Crippen LogP) is 3.30. The molecule has 2 N–H and O–H groups in total. The summed E-state index contributed by atoms with van der Waals surface area (Å²) in [4.78, 5) is 6.92. The second-order valence-corrected chi connectivity index (χ2v) is 5.28. The maximum Gasteiger partial charge on any atom is 0.0547 e. The third kappa shape index (κ3) is 3.81. The van der Waals surface area contributed by atoms with Gasteiger partial charge in [-0.1, -0.05) is 30.7 Å². The van der Waals surface area contributed by atoms with E-state index in [1.807, 2.05) is 19.1 Å². The van der Waals surface area contributed by atoms with E-state index in [1.54, 1.807) is 0 Å². The number of rotatable bonds is 5. The summed E-state index contributed by atoms with van der Waals surface area (Å²) in [6.45, 7) is 8.98. The molecule has 0 saturated carbocycles. The van der Waals surface area contributed by atoms with E-state index in [0.29, 0.717) is 0 Å². The number of hydrogen-bond donors (Lipinski definition) is 1. The van der Waals surface area contributed by atoms with Gasteiger partial charge in [-0.2, -0.15) is 0 Å². The fourth-order valence-corrected chi connectivity index (χ4v) is 2.31. The van der Waals surface area contributed by atoms with Gasteiger partial charge in [-0.25, -0.2) is 0 Å². The molecule has 0 saturated heterocycles. The molecule has 1 aromatic heterocycles. The third-order valence-corrected chi connectivity index (χ3v) is 3.47. The molecule has 2 rings (SSSR count). The predicted molar refractivity (Wildman–Crippen MR) is 84.4 cm³/mol. The Hall–Kier alpha value is -1.87. The van der Waals surface area contributed by atoms with Gasteiger partial charge in [0.15, 0.2) is 0 Å².